The molecule has 1 unspecified atom stereocenters. The molecular weight excluding hydrogens is 296 g/mol. The zero-order chi connectivity index (χ0) is 13.0. The van der Waals surface area contributed by atoms with Gasteiger partial charge in [-0.15, -0.1) is 0 Å². The summed E-state index contributed by atoms with van der Waals surface area (Å²) in [6.45, 7) is 2.22. The van der Waals surface area contributed by atoms with Crippen molar-refractivity contribution < 1.29 is 9.53 Å². The van der Waals surface area contributed by atoms with Crippen molar-refractivity contribution >= 4 is 21.8 Å². The molecule has 0 bridgehead atoms. The van der Waals surface area contributed by atoms with Crippen LogP contribution in [-0.2, 0) is 16.0 Å². The van der Waals surface area contributed by atoms with Crippen molar-refractivity contribution in [2.75, 3.05) is 26.3 Å². The van der Waals surface area contributed by atoms with Crippen LogP contribution in [0.3, 0.4) is 0 Å². The quantitative estimate of drug-likeness (QED) is 0.912. The van der Waals surface area contributed by atoms with Crippen LogP contribution in [-0.4, -0.2) is 43.2 Å². The van der Waals surface area contributed by atoms with E-state index in [-0.39, 0.29) is 11.9 Å². The van der Waals surface area contributed by atoms with Crippen LogP contribution in [0.2, 0.25) is 0 Å². The van der Waals surface area contributed by atoms with E-state index in [9.17, 15) is 4.79 Å². The van der Waals surface area contributed by atoms with E-state index in [1.807, 2.05) is 29.2 Å². The summed E-state index contributed by atoms with van der Waals surface area (Å²) in [6, 6.07) is 7.83. The highest BCUT2D eigenvalue weighted by Crippen LogP contribution is 2.14. The zero-order valence-electron chi connectivity index (χ0n) is 10.1. The molecule has 2 N–H and O–H groups in total. The number of rotatable bonds is 3. The van der Waals surface area contributed by atoms with Gasteiger partial charge in [-0.3, -0.25) is 4.79 Å². The minimum Gasteiger partial charge on any atom is -0.377 e. The molecule has 1 aromatic carbocycles. The van der Waals surface area contributed by atoms with E-state index in [1.165, 1.54) is 0 Å². The molecule has 1 amide bonds. The van der Waals surface area contributed by atoms with Crippen molar-refractivity contribution in [1.82, 2.24) is 4.90 Å². The number of amides is 1. The summed E-state index contributed by atoms with van der Waals surface area (Å²) in [7, 11) is 0. The molecule has 1 atom stereocenters. The Bertz CT molecular complexity index is 425. The van der Waals surface area contributed by atoms with E-state index in [0.717, 1.165) is 10.0 Å². The van der Waals surface area contributed by atoms with Crippen LogP contribution in [0.4, 0.5) is 0 Å². The molecule has 4 nitrogen and oxygen atoms in total. The Morgan fingerprint density at radius 3 is 3.11 bits per heavy atom. The Kier molecular flexibility index (Phi) is 4.74. The van der Waals surface area contributed by atoms with Gasteiger partial charge in [-0.05, 0) is 17.7 Å². The molecule has 18 heavy (non-hydrogen) atoms. The van der Waals surface area contributed by atoms with Crippen molar-refractivity contribution in [3.05, 3.63) is 34.3 Å². The average molecular weight is 313 g/mol. The average Bonchev–Trinajstić information content (AvgIpc) is 2.38. The molecular formula is C13H17BrN2O2. The third kappa shape index (κ3) is 3.31. The molecule has 5 heteroatoms. The van der Waals surface area contributed by atoms with Crippen molar-refractivity contribution in [3.63, 3.8) is 0 Å². The Balaban J connectivity index is 2.02. The molecule has 2 rings (SSSR count). The van der Waals surface area contributed by atoms with Crippen LogP contribution in [0.25, 0.3) is 0 Å². The topological polar surface area (TPSA) is 55.6 Å². The standard InChI is InChI=1S/C13H17BrN2O2/c14-11-3-1-2-10(6-11)7-13(17)16-4-5-18-9-12(16)8-15/h1-3,6,12H,4-5,7-9,15H2. The highest BCUT2D eigenvalue weighted by Gasteiger charge is 2.25. The summed E-state index contributed by atoms with van der Waals surface area (Å²) in [5.74, 6) is 0.117. The Morgan fingerprint density at radius 1 is 1.56 bits per heavy atom. The molecule has 0 aliphatic carbocycles. The number of hydrogen-bond acceptors (Lipinski definition) is 3. The van der Waals surface area contributed by atoms with E-state index in [1.54, 1.807) is 0 Å². The number of carbonyl (C=O) groups excluding carboxylic acids is 1. The van der Waals surface area contributed by atoms with Gasteiger partial charge in [-0.2, -0.15) is 0 Å². The summed E-state index contributed by atoms with van der Waals surface area (Å²) in [5.41, 5.74) is 6.68. The maximum absolute atomic E-state index is 12.2. The van der Waals surface area contributed by atoms with E-state index in [0.29, 0.717) is 32.7 Å². The molecule has 0 saturated carbocycles. The fourth-order valence-electron chi connectivity index (χ4n) is 2.10. The minimum atomic E-state index is 0.0124. The molecule has 1 aliphatic rings. The molecule has 0 aromatic heterocycles. The summed E-state index contributed by atoms with van der Waals surface area (Å²) < 4.78 is 6.33. The lowest BCUT2D eigenvalue weighted by Gasteiger charge is -2.35. The Hall–Kier alpha value is -0.910. The van der Waals surface area contributed by atoms with Crippen LogP contribution in [0.5, 0.6) is 0 Å². The third-order valence-electron chi connectivity index (χ3n) is 3.06. The first-order valence-corrected chi connectivity index (χ1v) is 6.81. The summed E-state index contributed by atoms with van der Waals surface area (Å²) in [6.07, 6.45) is 0.413. The van der Waals surface area contributed by atoms with Gasteiger partial charge in [0.25, 0.3) is 0 Å². The lowest BCUT2D eigenvalue weighted by atomic mass is 10.1. The monoisotopic (exact) mass is 312 g/mol. The summed E-state index contributed by atoms with van der Waals surface area (Å²) in [5, 5.41) is 0. The second kappa shape index (κ2) is 6.31. The normalized spacial score (nSPS) is 19.9. The van der Waals surface area contributed by atoms with Gasteiger partial charge in [0.2, 0.25) is 5.91 Å². The van der Waals surface area contributed by atoms with Crippen LogP contribution in [0.15, 0.2) is 28.7 Å². The SMILES string of the molecule is NCC1COCCN1C(=O)Cc1cccc(Br)c1. The fourth-order valence-corrected chi connectivity index (χ4v) is 2.55. The van der Waals surface area contributed by atoms with E-state index in [4.69, 9.17) is 10.5 Å². The number of ether oxygens (including phenoxy) is 1. The minimum absolute atomic E-state index is 0.0124. The van der Waals surface area contributed by atoms with Crippen LogP contribution in [0, 0.1) is 0 Å². The smallest absolute Gasteiger partial charge is 0.227 e. The molecule has 1 aromatic rings. The summed E-state index contributed by atoms with van der Waals surface area (Å²) >= 11 is 3.41. The van der Waals surface area contributed by atoms with Gasteiger partial charge < -0.3 is 15.4 Å². The maximum atomic E-state index is 12.2. The van der Waals surface area contributed by atoms with Gasteiger partial charge >= 0.3 is 0 Å². The zero-order valence-corrected chi connectivity index (χ0v) is 11.7. The molecule has 1 heterocycles. The van der Waals surface area contributed by atoms with E-state index < -0.39 is 0 Å². The van der Waals surface area contributed by atoms with E-state index in [2.05, 4.69) is 15.9 Å². The number of hydrogen-bond donors (Lipinski definition) is 1. The Labute approximate surface area is 115 Å². The lowest BCUT2D eigenvalue weighted by Crippen LogP contribution is -2.52. The van der Waals surface area contributed by atoms with Crippen LogP contribution < -0.4 is 5.73 Å². The fraction of sp³-hybridized carbons (Fsp3) is 0.462. The van der Waals surface area contributed by atoms with Gasteiger partial charge in [0.1, 0.15) is 0 Å². The van der Waals surface area contributed by atoms with Gasteiger partial charge in [0, 0.05) is 17.6 Å². The first-order chi connectivity index (χ1) is 8.70. The van der Waals surface area contributed by atoms with Gasteiger partial charge in [0.05, 0.1) is 25.7 Å². The first-order valence-electron chi connectivity index (χ1n) is 6.02. The molecule has 1 fully saturated rings. The van der Waals surface area contributed by atoms with Crippen molar-refractivity contribution in [1.29, 1.82) is 0 Å². The first kappa shape index (κ1) is 13.5. The van der Waals surface area contributed by atoms with Crippen molar-refractivity contribution in [3.8, 4) is 0 Å². The molecule has 0 spiro atoms. The van der Waals surface area contributed by atoms with Gasteiger partial charge in [0.15, 0.2) is 0 Å². The molecule has 1 aliphatic heterocycles. The number of halogens is 1. The number of carbonyl (C=O) groups is 1. The highest BCUT2D eigenvalue weighted by molar-refractivity contribution is 9.10. The van der Waals surface area contributed by atoms with Crippen LogP contribution >= 0.6 is 15.9 Å². The van der Waals surface area contributed by atoms with Crippen LogP contribution in [0.1, 0.15) is 5.56 Å². The highest BCUT2D eigenvalue weighted by atomic mass is 79.9. The predicted molar refractivity (Wildman–Crippen MR) is 73.2 cm³/mol. The second-order valence-electron chi connectivity index (χ2n) is 4.36. The number of nitrogens with zero attached hydrogens (tertiary/aromatic N) is 1. The predicted octanol–water partition coefficient (Wildman–Crippen LogP) is 1.18. The molecule has 98 valence electrons. The lowest BCUT2D eigenvalue weighted by molar-refractivity contribution is -0.138. The number of nitrogens with two attached hydrogens (primary N) is 1. The van der Waals surface area contributed by atoms with Crippen molar-refractivity contribution in [2.45, 2.75) is 12.5 Å². The maximum Gasteiger partial charge on any atom is 0.227 e. The van der Waals surface area contributed by atoms with Gasteiger partial charge in [-0.1, -0.05) is 28.1 Å². The number of benzene rings is 1. The Morgan fingerprint density at radius 2 is 2.39 bits per heavy atom. The molecule has 1 saturated heterocycles. The molecule has 0 radical (unpaired) electrons. The van der Waals surface area contributed by atoms with Crippen molar-refractivity contribution in [2.24, 2.45) is 5.73 Å². The van der Waals surface area contributed by atoms with E-state index >= 15 is 0 Å². The van der Waals surface area contributed by atoms with Gasteiger partial charge in [-0.25, -0.2) is 0 Å². The second-order valence-corrected chi connectivity index (χ2v) is 5.27. The third-order valence-corrected chi connectivity index (χ3v) is 3.56. The largest absolute Gasteiger partial charge is 0.377 e. The number of morpholine rings is 1. The summed E-state index contributed by atoms with van der Waals surface area (Å²) in [4.78, 5) is 14.1.